The van der Waals surface area contributed by atoms with Crippen molar-refractivity contribution in [1.29, 1.82) is 0 Å². The average molecular weight is 358 g/mol. The Hall–Kier alpha value is -1.75. The normalized spacial score (nSPS) is 10.7. The van der Waals surface area contributed by atoms with Crippen molar-refractivity contribution in [3.63, 3.8) is 0 Å². The minimum Gasteiger partial charge on any atom is -0.482 e. The molecule has 0 aliphatic rings. The van der Waals surface area contributed by atoms with Crippen molar-refractivity contribution in [2.75, 3.05) is 6.61 Å². The largest absolute Gasteiger partial charge is 0.482 e. The van der Waals surface area contributed by atoms with Crippen molar-refractivity contribution < 1.29 is 9.53 Å². The number of amides is 1. The molecule has 0 unspecified atom stereocenters. The van der Waals surface area contributed by atoms with Crippen LogP contribution in [-0.4, -0.2) is 18.7 Å². The molecule has 4 nitrogen and oxygen atoms in total. The number of nitrogens with one attached hydrogen (secondary N) is 1. The molecule has 22 heavy (non-hydrogen) atoms. The van der Waals surface area contributed by atoms with Gasteiger partial charge >= 0.3 is 0 Å². The first kappa shape index (κ1) is 16.6. The van der Waals surface area contributed by atoms with Gasteiger partial charge in [0.05, 0.1) is 11.2 Å². The lowest BCUT2D eigenvalue weighted by Crippen LogP contribution is -2.24. The third-order valence-corrected chi connectivity index (χ3v) is 3.72. The number of carbonyl (C=O) groups is 1. The summed E-state index contributed by atoms with van der Waals surface area (Å²) >= 11 is 17.7. The van der Waals surface area contributed by atoms with Gasteiger partial charge in [0.15, 0.2) is 6.61 Å². The maximum atomic E-state index is 11.6. The first-order valence-corrected chi connectivity index (χ1v) is 7.34. The highest BCUT2D eigenvalue weighted by Gasteiger charge is 2.07. The maximum Gasteiger partial charge on any atom is 0.277 e. The van der Waals surface area contributed by atoms with Gasteiger partial charge in [0.1, 0.15) is 10.8 Å². The van der Waals surface area contributed by atoms with E-state index in [0.29, 0.717) is 21.4 Å². The Morgan fingerprint density at radius 1 is 1.09 bits per heavy atom. The van der Waals surface area contributed by atoms with Gasteiger partial charge in [-0.05, 0) is 18.2 Å². The summed E-state index contributed by atoms with van der Waals surface area (Å²) in [5.74, 6) is -0.0984. The van der Waals surface area contributed by atoms with Crippen LogP contribution in [0.15, 0.2) is 47.6 Å². The molecule has 0 saturated heterocycles. The molecule has 0 aromatic heterocycles. The van der Waals surface area contributed by atoms with Crippen LogP contribution in [0.25, 0.3) is 0 Å². The van der Waals surface area contributed by atoms with E-state index in [1.165, 1.54) is 6.21 Å². The zero-order chi connectivity index (χ0) is 15.9. The highest BCUT2D eigenvalue weighted by Crippen LogP contribution is 2.31. The maximum absolute atomic E-state index is 11.6. The standard InChI is InChI=1S/C15H11Cl3N2O2/c16-11-5-2-1-4-10(11)8-19-20-14(21)9-22-13-7-3-6-12(17)15(13)18/h1-8H,9H2,(H,20,21). The number of hydrogen-bond acceptors (Lipinski definition) is 3. The summed E-state index contributed by atoms with van der Waals surface area (Å²) < 4.78 is 5.28. The van der Waals surface area contributed by atoms with Gasteiger partial charge in [0.2, 0.25) is 0 Å². The molecule has 2 aromatic rings. The molecule has 0 spiro atoms. The van der Waals surface area contributed by atoms with E-state index >= 15 is 0 Å². The fraction of sp³-hybridized carbons (Fsp3) is 0.0667. The number of carbonyl (C=O) groups excluding carboxylic acids is 1. The molecule has 2 aromatic carbocycles. The number of hydrogen-bond donors (Lipinski definition) is 1. The van der Waals surface area contributed by atoms with E-state index < -0.39 is 5.91 Å². The minimum absolute atomic E-state index is 0.236. The Bertz CT molecular complexity index is 705. The summed E-state index contributed by atoms with van der Waals surface area (Å²) in [5.41, 5.74) is 3.03. The Kier molecular flexibility index (Phi) is 6.07. The minimum atomic E-state index is -0.431. The molecule has 0 aliphatic heterocycles. The summed E-state index contributed by atoms with van der Waals surface area (Å²) in [6.07, 6.45) is 1.45. The molecule has 0 atom stereocenters. The Morgan fingerprint density at radius 2 is 1.82 bits per heavy atom. The second-order valence-electron chi connectivity index (χ2n) is 4.16. The van der Waals surface area contributed by atoms with E-state index in [0.717, 1.165) is 0 Å². The number of halogens is 3. The van der Waals surface area contributed by atoms with Crippen LogP contribution in [0, 0.1) is 0 Å². The van der Waals surface area contributed by atoms with Gasteiger partial charge in [-0.1, -0.05) is 59.1 Å². The van der Waals surface area contributed by atoms with Gasteiger partial charge in [0.25, 0.3) is 5.91 Å². The van der Waals surface area contributed by atoms with Crippen LogP contribution in [0.2, 0.25) is 15.1 Å². The van der Waals surface area contributed by atoms with Crippen molar-refractivity contribution in [2.24, 2.45) is 5.10 Å². The lowest BCUT2D eigenvalue weighted by Gasteiger charge is -2.07. The molecule has 0 radical (unpaired) electrons. The van der Waals surface area contributed by atoms with E-state index in [-0.39, 0.29) is 11.6 Å². The zero-order valence-corrected chi connectivity index (χ0v) is 13.5. The second-order valence-corrected chi connectivity index (χ2v) is 5.35. The van der Waals surface area contributed by atoms with Crippen molar-refractivity contribution in [2.45, 2.75) is 0 Å². The van der Waals surface area contributed by atoms with E-state index in [4.69, 9.17) is 39.5 Å². The Balaban J connectivity index is 1.86. The number of benzene rings is 2. The zero-order valence-electron chi connectivity index (χ0n) is 11.2. The first-order chi connectivity index (χ1) is 10.6. The van der Waals surface area contributed by atoms with Crippen LogP contribution >= 0.6 is 34.8 Å². The summed E-state index contributed by atoms with van der Waals surface area (Å²) in [7, 11) is 0. The van der Waals surface area contributed by atoms with Gasteiger partial charge in [-0.2, -0.15) is 5.10 Å². The van der Waals surface area contributed by atoms with Crippen LogP contribution < -0.4 is 10.2 Å². The van der Waals surface area contributed by atoms with Gasteiger partial charge in [0, 0.05) is 10.6 Å². The van der Waals surface area contributed by atoms with E-state index in [9.17, 15) is 4.79 Å². The molecular weight excluding hydrogens is 347 g/mol. The summed E-state index contributed by atoms with van der Waals surface area (Å²) in [5, 5.41) is 4.97. The molecule has 0 fully saturated rings. The van der Waals surface area contributed by atoms with Crippen molar-refractivity contribution >= 4 is 46.9 Å². The lowest BCUT2D eigenvalue weighted by atomic mass is 10.2. The highest BCUT2D eigenvalue weighted by molar-refractivity contribution is 6.42. The predicted molar refractivity (Wildman–Crippen MR) is 89.1 cm³/mol. The SMILES string of the molecule is O=C(COc1cccc(Cl)c1Cl)NN=Cc1ccccc1Cl. The third-order valence-electron chi connectivity index (χ3n) is 2.57. The van der Waals surface area contributed by atoms with Crippen molar-refractivity contribution in [1.82, 2.24) is 5.43 Å². The number of nitrogens with zero attached hydrogens (tertiary/aromatic N) is 1. The molecule has 0 bridgehead atoms. The number of hydrazone groups is 1. The van der Waals surface area contributed by atoms with Crippen LogP contribution in [0.4, 0.5) is 0 Å². The third kappa shape index (κ3) is 4.63. The molecular formula is C15H11Cl3N2O2. The van der Waals surface area contributed by atoms with Gasteiger partial charge in [-0.25, -0.2) is 5.43 Å². The van der Waals surface area contributed by atoms with Crippen LogP contribution in [0.5, 0.6) is 5.75 Å². The van der Waals surface area contributed by atoms with E-state index in [2.05, 4.69) is 10.5 Å². The Morgan fingerprint density at radius 3 is 2.59 bits per heavy atom. The second kappa shape index (κ2) is 8.03. The Labute approximate surface area is 142 Å². The van der Waals surface area contributed by atoms with Gasteiger partial charge in [-0.15, -0.1) is 0 Å². The van der Waals surface area contributed by atoms with Gasteiger partial charge < -0.3 is 4.74 Å². The molecule has 0 saturated carbocycles. The van der Waals surface area contributed by atoms with E-state index in [1.54, 1.807) is 36.4 Å². The molecule has 0 heterocycles. The predicted octanol–water partition coefficient (Wildman–Crippen LogP) is 4.18. The highest BCUT2D eigenvalue weighted by atomic mass is 35.5. The molecule has 7 heteroatoms. The molecule has 0 aliphatic carbocycles. The summed E-state index contributed by atoms with van der Waals surface area (Å²) in [4.78, 5) is 11.6. The molecule has 114 valence electrons. The molecule has 2 rings (SSSR count). The van der Waals surface area contributed by atoms with E-state index in [1.807, 2.05) is 6.07 Å². The van der Waals surface area contributed by atoms with Crippen LogP contribution in [0.3, 0.4) is 0 Å². The van der Waals surface area contributed by atoms with Crippen molar-refractivity contribution in [3.05, 3.63) is 63.1 Å². The summed E-state index contributed by atoms with van der Waals surface area (Å²) in [6.45, 7) is -0.236. The topological polar surface area (TPSA) is 50.7 Å². The summed E-state index contributed by atoms with van der Waals surface area (Å²) in [6, 6.07) is 12.1. The quantitative estimate of drug-likeness (QED) is 0.645. The number of ether oxygens (including phenoxy) is 1. The molecule has 1 N–H and O–H groups in total. The van der Waals surface area contributed by atoms with Crippen molar-refractivity contribution in [3.8, 4) is 5.75 Å². The monoisotopic (exact) mass is 356 g/mol. The smallest absolute Gasteiger partial charge is 0.277 e. The van der Waals surface area contributed by atoms with Crippen LogP contribution in [0.1, 0.15) is 5.56 Å². The van der Waals surface area contributed by atoms with Gasteiger partial charge in [-0.3, -0.25) is 4.79 Å². The van der Waals surface area contributed by atoms with Crippen LogP contribution in [-0.2, 0) is 4.79 Å². The lowest BCUT2D eigenvalue weighted by molar-refractivity contribution is -0.123. The number of rotatable bonds is 5. The molecule has 1 amide bonds. The first-order valence-electron chi connectivity index (χ1n) is 6.21. The fourth-order valence-corrected chi connectivity index (χ4v) is 2.06. The fourth-order valence-electron chi connectivity index (χ4n) is 1.52. The average Bonchev–Trinajstić information content (AvgIpc) is 2.51.